The summed E-state index contributed by atoms with van der Waals surface area (Å²) in [7, 11) is 0. The molecule has 1 aromatic heterocycles. The van der Waals surface area contributed by atoms with Crippen LogP contribution in [-0.4, -0.2) is 4.98 Å². The molecule has 1 rings (SSSR count). The minimum absolute atomic E-state index is 0.703. The van der Waals surface area contributed by atoms with Gasteiger partial charge < -0.3 is 0 Å². The van der Waals surface area contributed by atoms with Crippen LogP contribution in [0.3, 0.4) is 0 Å². The maximum absolute atomic E-state index is 5.72. The van der Waals surface area contributed by atoms with Gasteiger partial charge in [0.05, 0.1) is 9.50 Å². The van der Waals surface area contributed by atoms with E-state index in [9.17, 15) is 0 Å². The lowest BCUT2D eigenvalue weighted by atomic mass is 10.5. The maximum Gasteiger partial charge on any atom is 0.116 e. The van der Waals surface area contributed by atoms with E-state index in [1.807, 2.05) is 0 Å². The lowest BCUT2D eigenvalue weighted by Crippen LogP contribution is -1.79. The zero-order valence-electron chi connectivity index (χ0n) is 4.24. The van der Waals surface area contributed by atoms with Crippen molar-refractivity contribution in [3.05, 3.63) is 25.5 Å². The SMILES string of the molecule is Clc1ccnc(I)c1Br. The van der Waals surface area contributed by atoms with Crippen LogP contribution in [0.5, 0.6) is 0 Å². The molecule has 48 valence electrons. The number of halogens is 3. The molecule has 0 radical (unpaired) electrons. The van der Waals surface area contributed by atoms with Crippen LogP contribution in [0.15, 0.2) is 16.7 Å². The van der Waals surface area contributed by atoms with Crippen molar-refractivity contribution >= 4 is 50.1 Å². The fourth-order valence-electron chi connectivity index (χ4n) is 0.397. The fourth-order valence-corrected chi connectivity index (χ4v) is 1.39. The molecule has 0 amide bonds. The van der Waals surface area contributed by atoms with Gasteiger partial charge >= 0.3 is 0 Å². The number of hydrogen-bond acceptors (Lipinski definition) is 1. The molecule has 0 saturated carbocycles. The summed E-state index contributed by atoms with van der Waals surface area (Å²) < 4.78 is 1.76. The molecule has 1 aromatic rings. The van der Waals surface area contributed by atoms with Crippen molar-refractivity contribution < 1.29 is 0 Å². The average Bonchev–Trinajstić information content (AvgIpc) is 1.83. The number of rotatable bonds is 0. The van der Waals surface area contributed by atoms with Gasteiger partial charge in [0.2, 0.25) is 0 Å². The highest BCUT2D eigenvalue weighted by molar-refractivity contribution is 14.1. The Morgan fingerprint density at radius 1 is 1.67 bits per heavy atom. The number of nitrogens with zero attached hydrogens (tertiary/aromatic N) is 1. The molecule has 0 aliphatic rings. The second-order valence-electron chi connectivity index (χ2n) is 1.40. The summed E-state index contributed by atoms with van der Waals surface area (Å²) in [6.07, 6.45) is 1.68. The first kappa shape index (κ1) is 7.75. The maximum atomic E-state index is 5.72. The van der Waals surface area contributed by atoms with Crippen molar-refractivity contribution in [2.24, 2.45) is 0 Å². The van der Waals surface area contributed by atoms with Crippen LogP contribution >= 0.6 is 50.1 Å². The molecule has 0 saturated heterocycles. The second kappa shape index (κ2) is 3.16. The van der Waals surface area contributed by atoms with Crippen molar-refractivity contribution in [1.82, 2.24) is 4.98 Å². The van der Waals surface area contributed by atoms with Gasteiger partial charge in [-0.15, -0.1) is 0 Å². The van der Waals surface area contributed by atoms with Gasteiger partial charge in [-0.05, 0) is 44.6 Å². The highest BCUT2D eigenvalue weighted by Crippen LogP contribution is 2.24. The Hall–Kier alpha value is 0.650. The molecule has 9 heavy (non-hydrogen) atoms. The average molecular weight is 318 g/mol. The summed E-state index contributed by atoms with van der Waals surface area (Å²) in [5.41, 5.74) is 0. The minimum atomic E-state index is 0.703. The Labute approximate surface area is 80.1 Å². The summed E-state index contributed by atoms with van der Waals surface area (Å²) in [5.74, 6) is 0. The highest BCUT2D eigenvalue weighted by Gasteiger charge is 1.99. The van der Waals surface area contributed by atoms with Crippen molar-refractivity contribution in [3.8, 4) is 0 Å². The lowest BCUT2D eigenvalue weighted by molar-refractivity contribution is 1.25. The molecule has 0 bridgehead atoms. The Morgan fingerprint density at radius 2 is 2.33 bits per heavy atom. The van der Waals surface area contributed by atoms with E-state index in [1.165, 1.54) is 0 Å². The Balaban J connectivity index is 3.25. The van der Waals surface area contributed by atoms with Crippen molar-refractivity contribution in [1.29, 1.82) is 0 Å². The van der Waals surface area contributed by atoms with Crippen LogP contribution in [0.2, 0.25) is 5.02 Å². The first-order valence-electron chi connectivity index (χ1n) is 2.17. The van der Waals surface area contributed by atoms with Gasteiger partial charge in [-0.1, -0.05) is 11.6 Å². The normalized spacial score (nSPS) is 9.67. The van der Waals surface area contributed by atoms with E-state index in [0.29, 0.717) is 5.02 Å². The minimum Gasteiger partial charge on any atom is -0.249 e. The van der Waals surface area contributed by atoms with E-state index in [-0.39, 0.29) is 0 Å². The topological polar surface area (TPSA) is 12.9 Å². The standard InChI is InChI=1S/C5H2BrClIN/c6-4-3(7)1-2-9-5(4)8/h1-2H. The van der Waals surface area contributed by atoms with E-state index in [2.05, 4.69) is 43.5 Å². The van der Waals surface area contributed by atoms with Crippen LogP contribution in [0, 0.1) is 3.70 Å². The summed E-state index contributed by atoms with van der Waals surface area (Å²) in [6, 6.07) is 1.74. The van der Waals surface area contributed by atoms with Gasteiger partial charge in [-0.25, -0.2) is 4.98 Å². The van der Waals surface area contributed by atoms with Crippen LogP contribution in [0.4, 0.5) is 0 Å². The summed E-state index contributed by atoms with van der Waals surface area (Å²) in [6.45, 7) is 0. The molecular weight excluding hydrogens is 316 g/mol. The van der Waals surface area contributed by atoms with E-state index in [1.54, 1.807) is 12.3 Å². The predicted molar refractivity (Wildman–Crippen MR) is 49.7 cm³/mol. The molecule has 1 heterocycles. The van der Waals surface area contributed by atoms with Gasteiger partial charge in [0.25, 0.3) is 0 Å². The van der Waals surface area contributed by atoms with Crippen molar-refractivity contribution in [2.75, 3.05) is 0 Å². The quantitative estimate of drug-likeness (QED) is 0.529. The lowest BCUT2D eigenvalue weighted by Gasteiger charge is -1.94. The summed E-state index contributed by atoms with van der Waals surface area (Å²) in [5, 5.41) is 0.703. The van der Waals surface area contributed by atoms with Gasteiger partial charge in [-0.3, -0.25) is 0 Å². The number of pyridine rings is 1. The van der Waals surface area contributed by atoms with Crippen LogP contribution < -0.4 is 0 Å². The molecule has 0 spiro atoms. The number of hydrogen-bond donors (Lipinski definition) is 0. The molecule has 0 aromatic carbocycles. The molecule has 0 fully saturated rings. The third-order valence-corrected chi connectivity index (χ3v) is 3.70. The molecular formula is C5H2BrClIN. The zero-order chi connectivity index (χ0) is 6.85. The Bertz CT molecular complexity index is 208. The molecule has 0 atom stereocenters. The fraction of sp³-hybridized carbons (Fsp3) is 0. The van der Waals surface area contributed by atoms with E-state index >= 15 is 0 Å². The van der Waals surface area contributed by atoms with E-state index < -0.39 is 0 Å². The predicted octanol–water partition coefficient (Wildman–Crippen LogP) is 3.10. The third kappa shape index (κ3) is 1.78. The van der Waals surface area contributed by atoms with Gasteiger partial charge in [0.1, 0.15) is 3.70 Å². The molecule has 4 heteroatoms. The first-order valence-corrected chi connectivity index (χ1v) is 4.42. The monoisotopic (exact) mass is 317 g/mol. The molecule has 0 aliphatic carbocycles. The Kier molecular flexibility index (Phi) is 2.73. The van der Waals surface area contributed by atoms with Crippen molar-refractivity contribution in [3.63, 3.8) is 0 Å². The zero-order valence-corrected chi connectivity index (χ0v) is 8.74. The van der Waals surface area contributed by atoms with Gasteiger partial charge in [-0.2, -0.15) is 0 Å². The second-order valence-corrected chi connectivity index (χ2v) is 3.62. The largest absolute Gasteiger partial charge is 0.249 e. The summed E-state index contributed by atoms with van der Waals surface area (Å²) >= 11 is 11.1. The smallest absolute Gasteiger partial charge is 0.116 e. The molecule has 0 unspecified atom stereocenters. The van der Waals surface area contributed by atoms with Crippen molar-refractivity contribution in [2.45, 2.75) is 0 Å². The molecule has 0 aliphatic heterocycles. The van der Waals surface area contributed by atoms with Crippen LogP contribution in [-0.2, 0) is 0 Å². The van der Waals surface area contributed by atoms with E-state index in [0.717, 1.165) is 8.17 Å². The summed E-state index contributed by atoms with van der Waals surface area (Å²) in [4.78, 5) is 3.99. The van der Waals surface area contributed by atoms with Crippen LogP contribution in [0.25, 0.3) is 0 Å². The Morgan fingerprint density at radius 3 is 2.78 bits per heavy atom. The van der Waals surface area contributed by atoms with Gasteiger partial charge in [0.15, 0.2) is 0 Å². The number of aromatic nitrogens is 1. The molecule has 0 N–H and O–H groups in total. The van der Waals surface area contributed by atoms with Gasteiger partial charge in [0, 0.05) is 6.20 Å². The van der Waals surface area contributed by atoms with Crippen LogP contribution in [0.1, 0.15) is 0 Å². The molecule has 1 nitrogen and oxygen atoms in total. The first-order chi connectivity index (χ1) is 4.22. The van der Waals surface area contributed by atoms with E-state index in [4.69, 9.17) is 11.6 Å². The third-order valence-electron chi connectivity index (χ3n) is 0.800. The highest BCUT2D eigenvalue weighted by atomic mass is 127.